The molecule has 1 amide bonds. The average molecular weight is 319 g/mol. The van der Waals surface area contributed by atoms with Gasteiger partial charge in [0.15, 0.2) is 5.76 Å². The monoisotopic (exact) mass is 319 g/mol. The van der Waals surface area contributed by atoms with Gasteiger partial charge in [-0.05, 0) is 48.0 Å². The molecular formula is C17H13N5O2. The van der Waals surface area contributed by atoms with Gasteiger partial charge in [-0.3, -0.25) is 9.78 Å². The van der Waals surface area contributed by atoms with Crippen LogP contribution in [0.1, 0.15) is 15.9 Å². The molecule has 3 aromatic heterocycles. The van der Waals surface area contributed by atoms with Gasteiger partial charge in [-0.2, -0.15) is 15.4 Å². The first-order valence-corrected chi connectivity index (χ1v) is 7.37. The second-order valence-electron chi connectivity index (χ2n) is 5.24. The Kier molecular flexibility index (Phi) is 3.51. The van der Waals surface area contributed by atoms with Crippen LogP contribution in [0.2, 0.25) is 0 Å². The Balaban J connectivity index is 1.48. The highest BCUT2D eigenvalue weighted by Crippen LogP contribution is 2.18. The summed E-state index contributed by atoms with van der Waals surface area (Å²) in [7, 11) is 0. The Morgan fingerprint density at radius 3 is 2.92 bits per heavy atom. The maximum absolute atomic E-state index is 12.3. The van der Waals surface area contributed by atoms with Crippen LogP contribution in [0.25, 0.3) is 22.5 Å². The minimum absolute atomic E-state index is 0.170. The first-order chi connectivity index (χ1) is 11.8. The fourth-order valence-electron chi connectivity index (χ4n) is 2.41. The molecule has 0 spiro atoms. The average Bonchev–Trinajstić information content (AvgIpc) is 3.30. The molecule has 0 saturated carbocycles. The number of H-pyrrole nitrogens is 1. The number of aromatic amines is 1. The smallest absolute Gasteiger partial charge is 0.251 e. The number of aromatic nitrogens is 4. The number of rotatable bonds is 4. The molecule has 4 aromatic rings. The first kappa shape index (κ1) is 14.1. The quantitative estimate of drug-likeness (QED) is 0.602. The van der Waals surface area contributed by atoms with E-state index in [2.05, 4.69) is 25.7 Å². The fraction of sp³-hybridized carbons (Fsp3) is 0.0588. The standard InChI is InChI=1S/C17H13N5O2/c23-17(12-3-4-13-14(9-12)21-22-20-13)19-10-11-5-6-18-15(8-11)16-2-1-7-24-16/h1-9H,10H2,(H,19,23)(H,20,21,22). The highest BCUT2D eigenvalue weighted by molar-refractivity contribution is 5.97. The lowest BCUT2D eigenvalue weighted by Gasteiger charge is -2.06. The van der Waals surface area contributed by atoms with Gasteiger partial charge in [-0.1, -0.05) is 0 Å². The number of carbonyl (C=O) groups is 1. The summed E-state index contributed by atoms with van der Waals surface area (Å²) in [6, 6.07) is 12.6. The van der Waals surface area contributed by atoms with Gasteiger partial charge in [0.2, 0.25) is 0 Å². The minimum Gasteiger partial charge on any atom is -0.463 e. The van der Waals surface area contributed by atoms with E-state index in [1.165, 1.54) is 0 Å². The second kappa shape index (κ2) is 5.96. The summed E-state index contributed by atoms with van der Waals surface area (Å²) >= 11 is 0. The van der Waals surface area contributed by atoms with Crippen LogP contribution in [0, 0.1) is 0 Å². The number of carbonyl (C=O) groups excluding carboxylic acids is 1. The van der Waals surface area contributed by atoms with Crippen molar-refractivity contribution in [2.75, 3.05) is 0 Å². The summed E-state index contributed by atoms with van der Waals surface area (Å²) < 4.78 is 5.34. The van der Waals surface area contributed by atoms with Crippen molar-refractivity contribution in [3.05, 3.63) is 66.1 Å². The molecule has 24 heavy (non-hydrogen) atoms. The van der Waals surface area contributed by atoms with Crippen LogP contribution in [-0.2, 0) is 6.54 Å². The maximum Gasteiger partial charge on any atom is 0.251 e. The van der Waals surface area contributed by atoms with Gasteiger partial charge in [0.05, 0.1) is 6.26 Å². The zero-order valence-corrected chi connectivity index (χ0v) is 12.6. The van der Waals surface area contributed by atoms with Crippen LogP contribution in [0.5, 0.6) is 0 Å². The third-order valence-electron chi connectivity index (χ3n) is 3.63. The summed E-state index contributed by atoms with van der Waals surface area (Å²) in [6.45, 7) is 0.395. The number of pyridine rings is 1. The lowest BCUT2D eigenvalue weighted by atomic mass is 10.1. The third kappa shape index (κ3) is 2.74. The van der Waals surface area contributed by atoms with Crippen molar-refractivity contribution in [1.29, 1.82) is 0 Å². The lowest BCUT2D eigenvalue weighted by molar-refractivity contribution is 0.0951. The molecule has 7 nitrogen and oxygen atoms in total. The summed E-state index contributed by atoms with van der Waals surface area (Å²) in [5.41, 5.74) is 3.59. The SMILES string of the molecule is O=C(NCc1ccnc(-c2ccco2)c1)c1ccc2n[nH]nc2c1. The molecule has 7 heteroatoms. The van der Waals surface area contributed by atoms with Gasteiger partial charge >= 0.3 is 0 Å². The number of nitrogens with one attached hydrogen (secondary N) is 2. The van der Waals surface area contributed by atoms with Crippen molar-refractivity contribution in [2.24, 2.45) is 0 Å². The van der Waals surface area contributed by atoms with Crippen LogP contribution in [0.3, 0.4) is 0 Å². The molecule has 118 valence electrons. The van der Waals surface area contributed by atoms with E-state index in [1.54, 1.807) is 30.7 Å². The molecule has 0 aliphatic carbocycles. The molecule has 2 N–H and O–H groups in total. The van der Waals surface area contributed by atoms with E-state index >= 15 is 0 Å². The molecule has 3 heterocycles. The summed E-state index contributed by atoms with van der Waals surface area (Å²) in [5.74, 6) is 0.524. The highest BCUT2D eigenvalue weighted by atomic mass is 16.3. The van der Waals surface area contributed by atoms with Crippen molar-refractivity contribution < 1.29 is 9.21 Å². The molecule has 0 atom stereocenters. The van der Waals surface area contributed by atoms with Gasteiger partial charge < -0.3 is 9.73 Å². The Bertz CT molecular complexity index is 991. The van der Waals surface area contributed by atoms with Gasteiger partial charge in [0.1, 0.15) is 16.7 Å². The van der Waals surface area contributed by atoms with E-state index in [9.17, 15) is 4.79 Å². The highest BCUT2D eigenvalue weighted by Gasteiger charge is 2.09. The summed E-state index contributed by atoms with van der Waals surface area (Å²) in [5, 5.41) is 13.4. The Hall–Kier alpha value is -3.48. The van der Waals surface area contributed by atoms with Crippen LogP contribution >= 0.6 is 0 Å². The van der Waals surface area contributed by atoms with Crippen molar-refractivity contribution in [1.82, 2.24) is 25.7 Å². The normalized spacial score (nSPS) is 10.8. The number of fused-ring (bicyclic) bond motifs is 1. The zero-order valence-electron chi connectivity index (χ0n) is 12.6. The maximum atomic E-state index is 12.3. The molecular weight excluding hydrogens is 306 g/mol. The fourth-order valence-corrected chi connectivity index (χ4v) is 2.41. The number of nitrogens with zero attached hydrogens (tertiary/aromatic N) is 3. The van der Waals surface area contributed by atoms with Crippen LogP contribution < -0.4 is 5.32 Å². The largest absolute Gasteiger partial charge is 0.463 e. The molecule has 1 aromatic carbocycles. The van der Waals surface area contributed by atoms with Gasteiger partial charge in [0.25, 0.3) is 5.91 Å². The topological polar surface area (TPSA) is 96.7 Å². The van der Waals surface area contributed by atoms with E-state index in [0.29, 0.717) is 23.4 Å². The van der Waals surface area contributed by atoms with Crippen molar-refractivity contribution in [3.8, 4) is 11.5 Å². The van der Waals surface area contributed by atoms with E-state index in [-0.39, 0.29) is 5.91 Å². The van der Waals surface area contributed by atoms with Crippen molar-refractivity contribution in [3.63, 3.8) is 0 Å². The summed E-state index contributed by atoms with van der Waals surface area (Å²) in [6.07, 6.45) is 3.30. The van der Waals surface area contributed by atoms with Crippen LogP contribution in [0.4, 0.5) is 0 Å². The second-order valence-corrected chi connectivity index (χ2v) is 5.24. The Morgan fingerprint density at radius 2 is 2.04 bits per heavy atom. The molecule has 0 bridgehead atoms. The van der Waals surface area contributed by atoms with Crippen LogP contribution in [-0.4, -0.2) is 26.3 Å². The Labute approximate surface area is 136 Å². The number of hydrogen-bond acceptors (Lipinski definition) is 5. The predicted octanol–water partition coefficient (Wildman–Crippen LogP) is 2.54. The van der Waals surface area contributed by atoms with E-state index in [4.69, 9.17) is 4.42 Å². The molecule has 0 aliphatic heterocycles. The number of furan rings is 1. The molecule has 0 radical (unpaired) electrons. The van der Waals surface area contributed by atoms with Gasteiger partial charge in [0, 0.05) is 18.3 Å². The first-order valence-electron chi connectivity index (χ1n) is 7.37. The number of benzene rings is 1. The Morgan fingerprint density at radius 1 is 1.12 bits per heavy atom. The van der Waals surface area contributed by atoms with Crippen molar-refractivity contribution in [2.45, 2.75) is 6.54 Å². The molecule has 0 aliphatic rings. The zero-order chi connectivity index (χ0) is 16.4. The van der Waals surface area contributed by atoms with Crippen LogP contribution in [0.15, 0.2) is 59.3 Å². The van der Waals surface area contributed by atoms with E-state index < -0.39 is 0 Å². The molecule has 0 unspecified atom stereocenters. The number of amides is 1. The van der Waals surface area contributed by atoms with Gasteiger partial charge in [-0.15, -0.1) is 0 Å². The predicted molar refractivity (Wildman–Crippen MR) is 87.0 cm³/mol. The lowest BCUT2D eigenvalue weighted by Crippen LogP contribution is -2.22. The van der Waals surface area contributed by atoms with E-state index in [0.717, 1.165) is 16.8 Å². The third-order valence-corrected chi connectivity index (χ3v) is 3.63. The van der Waals surface area contributed by atoms with Crippen molar-refractivity contribution >= 4 is 16.9 Å². The molecule has 0 fully saturated rings. The summed E-state index contributed by atoms with van der Waals surface area (Å²) in [4.78, 5) is 16.6. The van der Waals surface area contributed by atoms with Gasteiger partial charge in [-0.25, -0.2) is 0 Å². The van der Waals surface area contributed by atoms with E-state index in [1.807, 2.05) is 24.3 Å². The number of hydrogen-bond donors (Lipinski definition) is 2. The minimum atomic E-state index is -0.170. The molecule has 4 rings (SSSR count). The molecule has 0 saturated heterocycles.